The number of anilines is 2. The van der Waals surface area contributed by atoms with E-state index in [9.17, 15) is 37.2 Å². The average Bonchev–Trinajstić information content (AvgIpc) is 3.75. The van der Waals surface area contributed by atoms with Crippen LogP contribution in [0.15, 0.2) is 48.5 Å². The zero-order valence-electron chi connectivity index (χ0n) is 32.1. The van der Waals surface area contributed by atoms with E-state index in [2.05, 4.69) is 24.3 Å². The van der Waals surface area contributed by atoms with Gasteiger partial charge in [-0.15, -0.1) is 0 Å². The van der Waals surface area contributed by atoms with Crippen molar-refractivity contribution >= 4 is 69.4 Å². The molecule has 2 aromatic rings. The zero-order chi connectivity index (χ0) is 42.6. The topological polar surface area (TPSA) is 277 Å². The van der Waals surface area contributed by atoms with Crippen LogP contribution in [-0.4, -0.2) is 158 Å². The Balaban J connectivity index is 0.000000267. The highest BCUT2D eigenvalue weighted by Gasteiger charge is 2.36. The molecule has 0 aromatic heterocycles. The number of amides is 5. The summed E-state index contributed by atoms with van der Waals surface area (Å²) in [6.07, 6.45) is -2.83. The van der Waals surface area contributed by atoms with Crippen LogP contribution in [0.3, 0.4) is 0 Å². The van der Waals surface area contributed by atoms with Crippen LogP contribution in [0.1, 0.15) is 18.1 Å². The van der Waals surface area contributed by atoms with Crippen molar-refractivity contribution in [3.8, 4) is 0 Å². The summed E-state index contributed by atoms with van der Waals surface area (Å²) in [4.78, 5) is 76.7. The second-order valence-electron chi connectivity index (χ2n) is 12.7. The number of hydrogen-bond acceptors (Lipinski definition) is 17. The second-order valence-corrected chi connectivity index (χ2v) is 14.3. The van der Waals surface area contributed by atoms with Gasteiger partial charge in [0.1, 0.15) is 37.0 Å². The van der Waals surface area contributed by atoms with Gasteiger partial charge in [0.25, 0.3) is 10.1 Å². The third-order valence-corrected chi connectivity index (χ3v) is 9.03. The molecule has 3 heterocycles. The molecule has 3 saturated heterocycles. The Labute approximate surface area is 333 Å². The number of benzene rings is 2. The Morgan fingerprint density at radius 1 is 0.793 bits per heavy atom. The predicted octanol–water partition coefficient (Wildman–Crippen LogP) is 1.07. The maximum atomic E-state index is 12.4. The number of carbonyl (C=O) groups is 6. The molecular weight excluding hydrogens is 788 g/mol. The minimum absolute atomic E-state index is 0.0602. The zero-order valence-corrected chi connectivity index (χ0v) is 32.9. The fourth-order valence-corrected chi connectivity index (χ4v) is 6.04. The molecule has 22 nitrogen and oxygen atoms in total. The number of cyclic esters (lactones) is 2. The number of rotatable bonds is 12. The molecule has 3 aliphatic heterocycles. The molecule has 0 saturated carbocycles. The van der Waals surface area contributed by atoms with Crippen LogP contribution in [0.4, 0.5) is 30.6 Å². The molecule has 314 valence electrons. The van der Waals surface area contributed by atoms with Gasteiger partial charge in [0.05, 0.1) is 46.7 Å². The molecule has 58 heavy (non-hydrogen) atoms. The van der Waals surface area contributed by atoms with Crippen molar-refractivity contribution in [3.63, 3.8) is 0 Å². The Morgan fingerprint density at radius 2 is 1.28 bits per heavy atom. The molecule has 0 aliphatic carbocycles. The van der Waals surface area contributed by atoms with E-state index in [1.54, 1.807) is 55.5 Å². The van der Waals surface area contributed by atoms with Crippen molar-refractivity contribution < 1.29 is 65.1 Å². The number of nitrogens with zero attached hydrogens (tertiary/aromatic N) is 4. The van der Waals surface area contributed by atoms with E-state index in [1.807, 2.05) is 4.90 Å². The predicted molar refractivity (Wildman–Crippen MR) is 203 cm³/mol. The maximum absolute atomic E-state index is 12.4. The standard InChI is InChI=1S/C21H27N5O7.C14H17N3O7S/c1-3-32-18(28)13-25-9-8-24(12-17(25)27)10-16-11-26(21(30)33-16)15-6-4-14(5-7-15)19(22)23-20(29)31-2;1-22-13(18)16-12(15)9-3-5-10(6-4-9)17-7-11(24-14(17)19)8-23-25(2,20)21/h4-7,16H,3,8-13H2,1-2H3,(H2,22,23,29);3-6,11H,7-8H2,1-2H3,(H2,15,16,18). The number of methoxy groups -OCH3 is 2. The molecule has 2 atom stereocenters. The van der Waals surface area contributed by atoms with Gasteiger partial charge in [-0.25, -0.2) is 19.2 Å². The van der Waals surface area contributed by atoms with Gasteiger partial charge in [-0.05, 0) is 55.5 Å². The first-order valence-electron chi connectivity index (χ1n) is 17.5. The summed E-state index contributed by atoms with van der Waals surface area (Å²) in [5, 5.41) is 20.1. The van der Waals surface area contributed by atoms with E-state index >= 15 is 0 Å². The summed E-state index contributed by atoms with van der Waals surface area (Å²) >= 11 is 0. The molecule has 3 fully saturated rings. The number of esters is 1. The largest absolute Gasteiger partial charge is 0.465 e. The van der Waals surface area contributed by atoms with Gasteiger partial charge in [0.15, 0.2) is 0 Å². The summed E-state index contributed by atoms with van der Waals surface area (Å²) in [7, 11) is -1.22. The minimum Gasteiger partial charge on any atom is -0.465 e. The van der Waals surface area contributed by atoms with Gasteiger partial charge in [0.2, 0.25) is 5.91 Å². The van der Waals surface area contributed by atoms with Crippen molar-refractivity contribution in [1.29, 1.82) is 10.8 Å². The summed E-state index contributed by atoms with van der Waals surface area (Å²) in [6.45, 7) is 3.60. The van der Waals surface area contributed by atoms with Crippen molar-refractivity contribution in [2.24, 2.45) is 0 Å². The second kappa shape index (κ2) is 20.2. The molecule has 0 spiro atoms. The third-order valence-electron chi connectivity index (χ3n) is 8.46. The maximum Gasteiger partial charge on any atom is 0.414 e. The summed E-state index contributed by atoms with van der Waals surface area (Å²) in [6, 6.07) is 12.8. The lowest BCUT2D eigenvalue weighted by Crippen LogP contribution is -2.53. The van der Waals surface area contributed by atoms with Gasteiger partial charge in [-0.1, -0.05) is 0 Å². The minimum atomic E-state index is -3.62. The van der Waals surface area contributed by atoms with Gasteiger partial charge in [-0.3, -0.25) is 49.9 Å². The lowest BCUT2D eigenvalue weighted by atomic mass is 10.1. The van der Waals surface area contributed by atoms with Crippen LogP contribution < -0.4 is 20.4 Å². The first-order chi connectivity index (χ1) is 27.5. The van der Waals surface area contributed by atoms with Crippen LogP contribution in [0.25, 0.3) is 0 Å². The Bertz CT molecular complexity index is 1980. The molecule has 0 bridgehead atoms. The summed E-state index contributed by atoms with van der Waals surface area (Å²) in [5.41, 5.74) is 1.96. The number of amidine groups is 2. The smallest absolute Gasteiger partial charge is 0.414 e. The number of carbonyl (C=O) groups excluding carboxylic acids is 6. The van der Waals surface area contributed by atoms with Crippen LogP contribution in [0.2, 0.25) is 0 Å². The Kier molecular flexibility index (Phi) is 15.5. The number of hydrogen-bond donors (Lipinski definition) is 4. The summed E-state index contributed by atoms with van der Waals surface area (Å²) in [5.74, 6) is -0.875. The van der Waals surface area contributed by atoms with Gasteiger partial charge < -0.3 is 28.6 Å². The number of ether oxygens (including phenoxy) is 5. The molecule has 2 unspecified atom stereocenters. The van der Waals surface area contributed by atoms with Crippen LogP contribution in [0, 0.1) is 10.8 Å². The highest BCUT2D eigenvalue weighted by atomic mass is 32.2. The molecular formula is C35H44N8O14S. The van der Waals surface area contributed by atoms with Crippen molar-refractivity contribution in [1.82, 2.24) is 20.4 Å². The number of alkyl carbamates (subject to hydrolysis) is 2. The molecule has 5 amide bonds. The molecule has 3 aliphatic rings. The van der Waals surface area contributed by atoms with Crippen LogP contribution in [0.5, 0.6) is 0 Å². The highest BCUT2D eigenvalue weighted by molar-refractivity contribution is 7.85. The molecule has 5 rings (SSSR count). The monoisotopic (exact) mass is 832 g/mol. The lowest BCUT2D eigenvalue weighted by Gasteiger charge is -2.34. The highest BCUT2D eigenvalue weighted by Crippen LogP contribution is 2.24. The fourth-order valence-electron chi connectivity index (χ4n) is 5.64. The molecule has 2 aromatic carbocycles. The first-order valence-corrected chi connectivity index (χ1v) is 19.4. The van der Waals surface area contributed by atoms with E-state index in [0.29, 0.717) is 48.7 Å². The van der Waals surface area contributed by atoms with Gasteiger partial charge in [0, 0.05) is 42.1 Å². The molecule has 0 radical (unpaired) electrons. The van der Waals surface area contributed by atoms with E-state index in [4.69, 9.17) is 25.0 Å². The Hall–Kier alpha value is -6.33. The number of nitrogens with one attached hydrogen (secondary N) is 4. The van der Waals surface area contributed by atoms with Crippen LogP contribution in [-0.2, 0) is 47.6 Å². The van der Waals surface area contributed by atoms with E-state index in [-0.39, 0.29) is 50.4 Å². The SMILES string of the molecule is CCOC(=O)CN1CCN(CC2CN(c3ccc(C(=N)NC(=O)OC)cc3)C(=O)O2)CC1=O.COC(=O)NC(=N)c1ccc(N2CC(COS(C)(=O)=O)OC2=O)cc1. The van der Waals surface area contributed by atoms with E-state index in [0.717, 1.165) is 6.26 Å². The molecule has 23 heteroatoms. The quantitative estimate of drug-likeness (QED) is 0.0766. The van der Waals surface area contributed by atoms with Crippen LogP contribution >= 0.6 is 0 Å². The summed E-state index contributed by atoms with van der Waals surface area (Å²) < 4.78 is 50.9. The van der Waals surface area contributed by atoms with Crippen molar-refractivity contribution in [3.05, 3.63) is 59.7 Å². The molecule has 4 N–H and O–H groups in total. The normalized spacial score (nSPS) is 18.0. The van der Waals surface area contributed by atoms with E-state index in [1.165, 1.54) is 28.9 Å². The van der Waals surface area contributed by atoms with Crippen molar-refractivity contribution in [2.75, 3.05) is 89.3 Å². The first kappa shape index (κ1) is 44.4. The fraction of sp³-hybridized carbons (Fsp3) is 0.429. The van der Waals surface area contributed by atoms with Gasteiger partial charge >= 0.3 is 30.3 Å². The number of piperazine rings is 1. The average molecular weight is 833 g/mol. The van der Waals surface area contributed by atoms with Gasteiger partial charge in [-0.2, -0.15) is 8.42 Å². The van der Waals surface area contributed by atoms with E-state index < -0.39 is 52.7 Å². The van der Waals surface area contributed by atoms with Crippen molar-refractivity contribution in [2.45, 2.75) is 19.1 Å². The third kappa shape index (κ3) is 12.9. The lowest BCUT2D eigenvalue weighted by molar-refractivity contribution is -0.151. The Morgan fingerprint density at radius 3 is 1.72 bits per heavy atom.